The van der Waals surface area contributed by atoms with Gasteiger partial charge in [-0.3, -0.25) is 4.90 Å². The second-order valence-electron chi connectivity index (χ2n) is 6.82. The quantitative estimate of drug-likeness (QED) is 0.807. The molecule has 5 nitrogen and oxygen atoms in total. The van der Waals surface area contributed by atoms with Crippen molar-refractivity contribution in [1.82, 2.24) is 15.5 Å². The molecule has 2 N–H and O–H groups in total. The summed E-state index contributed by atoms with van der Waals surface area (Å²) in [5, 5.41) is 5.59. The molecular formula is C15H26F3N3O2. The van der Waals surface area contributed by atoms with Gasteiger partial charge in [0.15, 0.2) is 0 Å². The number of rotatable bonds is 5. The number of carbonyl (C=O) groups excluding carboxylic acids is 1. The summed E-state index contributed by atoms with van der Waals surface area (Å²) >= 11 is 0. The number of ether oxygens (including phenoxy) is 1. The summed E-state index contributed by atoms with van der Waals surface area (Å²) in [6.07, 6.45) is -2.56. The van der Waals surface area contributed by atoms with Gasteiger partial charge in [-0.05, 0) is 18.8 Å². The van der Waals surface area contributed by atoms with E-state index in [9.17, 15) is 18.0 Å². The first-order chi connectivity index (χ1) is 10.7. The van der Waals surface area contributed by atoms with Crippen LogP contribution in [0.3, 0.4) is 0 Å². The van der Waals surface area contributed by atoms with E-state index in [1.807, 2.05) is 0 Å². The number of nitrogens with one attached hydrogen (secondary N) is 2. The minimum absolute atomic E-state index is 0.157. The summed E-state index contributed by atoms with van der Waals surface area (Å²) in [6.45, 7) is 5.12. The van der Waals surface area contributed by atoms with Crippen molar-refractivity contribution < 1.29 is 22.7 Å². The van der Waals surface area contributed by atoms with Crippen molar-refractivity contribution in [2.75, 3.05) is 32.8 Å². The third-order valence-electron chi connectivity index (χ3n) is 4.46. The Morgan fingerprint density at radius 1 is 1.35 bits per heavy atom. The van der Waals surface area contributed by atoms with Gasteiger partial charge in [-0.15, -0.1) is 0 Å². The van der Waals surface area contributed by atoms with Crippen LogP contribution in [-0.2, 0) is 4.74 Å². The number of amides is 2. The predicted molar refractivity (Wildman–Crippen MR) is 80.1 cm³/mol. The number of halogens is 3. The topological polar surface area (TPSA) is 53.6 Å². The Balaban J connectivity index is 1.68. The highest BCUT2D eigenvalue weighted by Gasteiger charge is 2.35. The molecule has 0 aromatic rings. The summed E-state index contributed by atoms with van der Waals surface area (Å²) in [5.74, 6) is 0.698. The standard InChI is InChI=1S/C15H26F3N3O2/c1-10(2)13-11(4-6-23-13)7-19-14(22)20-12-3-5-21(8-12)9-15(16,17)18/h10-13H,3-9H2,1-2H3,(H2,19,20,22)/t11-,12-,13+/m1/s1. The fourth-order valence-corrected chi connectivity index (χ4v) is 3.42. The molecule has 2 heterocycles. The Morgan fingerprint density at radius 3 is 2.74 bits per heavy atom. The third-order valence-corrected chi connectivity index (χ3v) is 4.46. The molecule has 3 atom stereocenters. The minimum Gasteiger partial charge on any atom is -0.378 e. The van der Waals surface area contributed by atoms with E-state index in [2.05, 4.69) is 24.5 Å². The molecule has 8 heteroatoms. The molecule has 2 amide bonds. The Morgan fingerprint density at radius 2 is 2.09 bits per heavy atom. The lowest BCUT2D eigenvalue weighted by Gasteiger charge is -2.23. The van der Waals surface area contributed by atoms with Gasteiger partial charge in [0.25, 0.3) is 0 Å². The minimum atomic E-state index is -4.19. The molecule has 0 radical (unpaired) electrons. The highest BCUT2D eigenvalue weighted by atomic mass is 19.4. The van der Waals surface area contributed by atoms with Crippen molar-refractivity contribution >= 4 is 6.03 Å². The predicted octanol–water partition coefficient (Wildman–Crippen LogP) is 1.98. The summed E-state index contributed by atoms with van der Waals surface area (Å²) in [6, 6.07) is -0.531. The fourth-order valence-electron chi connectivity index (χ4n) is 3.42. The maximum Gasteiger partial charge on any atom is 0.401 e. The summed E-state index contributed by atoms with van der Waals surface area (Å²) < 4.78 is 42.7. The summed E-state index contributed by atoms with van der Waals surface area (Å²) in [7, 11) is 0. The first-order valence-corrected chi connectivity index (χ1v) is 8.19. The van der Waals surface area contributed by atoms with Gasteiger partial charge in [-0.25, -0.2) is 4.79 Å². The van der Waals surface area contributed by atoms with Crippen LogP contribution in [0.15, 0.2) is 0 Å². The largest absolute Gasteiger partial charge is 0.401 e. The first kappa shape index (κ1) is 18.3. The van der Waals surface area contributed by atoms with Gasteiger partial charge < -0.3 is 15.4 Å². The van der Waals surface area contributed by atoms with Crippen LogP contribution >= 0.6 is 0 Å². The number of urea groups is 1. The zero-order valence-electron chi connectivity index (χ0n) is 13.7. The molecule has 0 saturated carbocycles. The molecule has 0 aliphatic carbocycles. The molecule has 0 unspecified atom stereocenters. The fraction of sp³-hybridized carbons (Fsp3) is 0.933. The molecule has 2 rings (SSSR count). The van der Waals surface area contributed by atoms with E-state index in [0.717, 1.165) is 6.42 Å². The number of hydrogen-bond donors (Lipinski definition) is 2. The van der Waals surface area contributed by atoms with Crippen LogP contribution in [0, 0.1) is 11.8 Å². The van der Waals surface area contributed by atoms with E-state index < -0.39 is 12.7 Å². The molecule has 23 heavy (non-hydrogen) atoms. The second-order valence-corrected chi connectivity index (χ2v) is 6.82. The molecule has 2 aliphatic heterocycles. The maximum atomic E-state index is 12.3. The molecule has 2 saturated heterocycles. The molecule has 0 aromatic heterocycles. The second kappa shape index (κ2) is 7.70. The zero-order valence-corrected chi connectivity index (χ0v) is 13.7. The Kier molecular flexibility index (Phi) is 6.13. The van der Waals surface area contributed by atoms with Crippen molar-refractivity contribution in [2.45, 2.75) is 45.0 Å². The smallest absolute Gasteiger partial charge is 0.378 e. The summed E-state index contributed by atoms with van der Waals surface area (Å²) in [4.78, 5) is 13.2. The van der Waals surface area contributed by atoms with E-state index in [0.29, 0.717) is 38.0 Å². The van der Waals surface area contributed by atoms with Gasteiger partial charge >= 0.3 is 12.2 Å². The van der Waals surface area contributed by atoms with Crippen LogP contribution in [0.1, 0.15) is 26.7 Å². The lowest BCUT2D eigenvalue weighted by atomic mass is 9.93. The van der Waals surface area contributed by atoms with Gasteiger partial charge in [-0.2, -0.15) is 13.2 Å². The number of carbonyl (C=O) groups is 1. The van der Waals surface area contributed by atoms with Crippen molar-refractivity contribution in [3.05, 3.63) is 0 Å². The Labute approximate surface area is 134 Å². The average Bonchev–Trinajstić information content (AvgIpc) is 3.03. The van der Waals surface area contributed by atoms with Crippen molar-refractivity contribution in [3.63, 3.8) is 0 Å². The van der Waals surface area contributed by atoms with E-state index in [4.69, 9.17) is 4.74 Å². The number of alkyl halides is 3. The normalized spacial score (nSPS) is 29.2. The number of likely N-dealkylation sites (tertiary alicyclic amines) is 1. The van der Waals surface area contributed by atoms with E-state index >= 15 is 0 Å². The first-order valence-electron chi connectivity index (χ1n) is 8.19. The zero-order chi connectivity index (χ0) is 17.0. The summed E-state index contributed by atoms with van der Waals surface area (Å²) in [5.41, 5.74) is 0. The van der Waals surface area contributed by atoms with Gasteiger partial charge in [0, 0.05) is 38.2 Å². The highest BCUT2D eigenvalue weighted by molar-refractivity contribution is 5.74. The van der Waals surface area contributed by atoms with Crippen molar-refractivity contribution in [2.24, 2.45) is 11.8 Å². The number of hydrogen-bond acceptors (Lipinski definition) is 3. The molecule has 0 bridgehead atoms. The van der Waals surface area contributed by atoms with Gasteiger partial charge in [0.05, 0.1) is 12.6 Å². The highest BCUT2D eigenvalue weighted by Crippen LogP contribution is 2.26. The lowest BCUT2D eigenvalue weighted by Crippen LogP contribution is -2.46. The third kappa shape index (κ3) is 5.84. The molecule has 2 fully saturated rings. The maximum absolute atomic E-state index is 12.3. The monoisotopic (exact) mass is 337 g/mol. The van der Waals surface area contributed by atoms with E-state index in [1.54, 1.807) is 0 Å². The van der Waals surface area contributed by atoms with Crippen LogP contribution in [-0.4, -0.2) is 62.0 Å². The van der Waals surface area contributed by atoms with Crippen LogP contribution in [0.25, 0.3) is 0 Å². The van der Waals surface area contributed by atoms with Crippen LogP contribution in [0.2, 0.25) is 0 Å². The lowest BCUT2D eigenvalue weighted by molar-refractivity contribution is -0.143. The van der Waals surface area contributed by atoms with Crippen LogP contribution in [0.4, 0.5) is 18.0 Å². The average molecular weight is 337 g/mol. The van der Waals surface area contributed by atoms with Crippen LogP contribution in [0.5, 0.6) is 0 Å². The Bertz CT molecular complexity index is 404. The van der Waals surface area contributed by atoms with Gasteiger partial charge in [0.2, 0.25) is 0 Å². The molecular weight excluding hydrogens is 311 g/mol. The molecule has 2 aliphatic rings. The van der Waals surface area contributed by atoms with Gasteiger partial charge in [0.1, 0.15) is 0 Å². The van der Waals surface area contributed by atoms with E-state index in [1.165, 1.54) is 4.90 Å². The molecule has 0 aromatic carbocycles. The van der Waals surface area contributed by atoms with Crippen molar-refractivity contribution in [3.8, 4) is 0 Å². The molecule has 134 valence electrons. The SMILES string of the molecule is CC(C)[C@@H]1OCC[C@@H]1CNC(=O)N[C@@H]1CCN(CC(F)(F)F)C1. The van der Waals surface area contributed by atoms with Gasteiger partial charge in [-0.1, -0.05) is 13.8 Å². The van der Waals surface area contributed by atoms with Crippen LogP contribution < -0.4 is 10.6 Å². The Hall–Kier alpha value is -1.02. The number of nitrogens with zero attached hydrogens (tertiary/aromatic N) is 1. The molecule has 0 spiro atoms. The van der Waals surface area contributed by atoms with Crippen molar-refractivity contribution in [1.29, 1.82) is 0 Å². The van der Waals surface area contributed by atoms with E-state index in [-0.39, 0.29) is 24.7 Å².